The normalized spacial score (nSPS) is 12.0. The van der Waals surface area contributed by atoms with Crippen LogP contribution in [-0.2, 0) is 7.05 Å². The molecule has 3 nitrogen and oxygen atoms in total. The fourth-order valence-corrected chi connectivity index (χ4v) is 3.26. The summed E-state index contributed by atoms with van der Waals surface area (Å²) in [5, 5.41) is 2.48. The molecule has 5 rings (SSSR count). The number of hydrogen-bond acceptors (Lipinski definition) is 1. The number of nitrogens with zero attached hydrogens (tertiary/aromatic N) is 3. The van der Waals surface area contributed by atoms with Crippen molar-refractivity contribution in [3.63, 3.8) is 0 Å². The molecule has 0 bridgehead atoms. The molecule has 3 aromatic carbocycles. The highest BCUT2D eigenvalue weighted by molar-refractivity contribution is 5.99. The summed E-state index contributed by atoms with van der Waals surface area (Å²) in [5.41, 5.74) is 4.62. The molecule has 2 heterocycles. The Bertz CT molecular complexity index is 1140. The molecule has 2 aromatic heterocycles. The van der Waals surface area contributed by atoms with Gasteiger partial charge in [-0.05, 0) is 35.0 Å². The molecule has 0 radical (unpaired) electrons. The van der Waals surface area contributed by atoms with Crippen molar-refractivity contribution in [2.45, 2.75) is 0 Å². The van der Waals surface area contributed by atoms with E-state index in [1.165, 1.54) is 27.3 Å². The van der Waals surface area contributed by atoms with Gasteiger partial charge in [-0.1, -0.05) is 36.4 Å². The van der Waals surface area contributed by atoms with Crippen molar-refractivity contribution in [1.82, 2.24) is 14.0 Å². The Morgan fingerprint density at radius 3 is 2.24 bits per heavy atom. The molecule has 0 atom stereocenters. The van der Waals surface area contributed by atoms with Gasteiger partial charge in [-0.2, -0.15) is 0 Å². The van der Waals surface area contributed by atoms with Crippen molar-refractivity contribution >= 4 is 38.6 Å². The summed E-state index contributed by atoms with van der Waals surface area (Å²) in [6, 6.07) is 21.3. The highest BCUT2D eigenvalue weighted by atomic mass is 15.2. The molecule has 0 unspecified atom stereocenters. The first-order chi connectivity index (χ1) is 10.3. The highest BCUT2D eigenvalue weighted by Gasteiger charge is 2.13. The molecular weight excluding hydrogens is 258 g/mol. The smallest absolute Gasteiger partial charge is 0.215 e. The topological polar surface area (TPSA) is 22.2 Å². The summed E-state index contributed by atoms with van der Waals surface area (Å²) in [5.74, 6) is 0.988. The standard InChI is InChI=1S/C18H13N3/c1-20-15-8-4-5-9-16(15)21-17-11-13-7-3-2-6-12(13)10-14(17)19-18(20)21/h2-11H,1H3. The van der Waals surface area contributed by atoms with E-state index in [-0.39, 0.29) is 0 Å². The molecule has 0 fully saturated rings. The maximum Gasteiger partial charge on any atom is 0.215 e. The van der Waals surface area contributed by atoms with Crippen LogP contribution in [-0.4, -0.2) is 14.0 Å². The third-order valence-corrected chi connectivity index (χ3v) is 4.29. The summed E-state index contributed by atoms with van der Waals surface area (Å²) in [4.78, 5) is 4.83. The van der Waals surface area contributed by atoms with Crippen molar-refractivity contribution in [3.8, 4) is 0 Å². The minimum atomic E-state index is 0.988. The second kappa shape index (κ2) is 3.64. The highest BCUT2D eigenvalue weighted by Crippen LogP contribution is 2.28. The summed E-state index contributed by atoms with van der Waals surface area (Å²) < 4.78 is 4.40. The van der Waals surface area contributed by atoms with E-state index in [2.05, 4.69) is 76.7 Å². The van der Waals surface area contributed by atoms with Gasteiger partial charge in [0.25, 0.3) is 0 Å². The Labute approximate surface area is 121 Å². The predicted octanol–water partition coefficient (Wildman–Crippen LogP) is 4.13. The Morgan fingerprint density at radius 2 is 1.43 bits per heavy atom. The molecule has 3 heteroatoms. The van der Waals surface area contributed by atoms with Gasteiger partial charge in [0.1, 0.15) is 0 Å². The van der Waals surface area contributed by atoms with Crippen LogP contribution in [0.15, 0.2) is 60.7 Å². The van der Waals surface area contributed by atoms with Crippen molar-refractivity contribution < 1.29 is 0 Å². The number of fused-ring (bicyclic) bond motifs is 6. The zero-order chi connectivity index (χ0) is 14.0. The molecule has 21 heavy (non-hydrogen) atoms. The van der Waals surface area contributed by atoms with Crippen LogP contribution in [0, 0.1) is 0 Å². The maximum atomic E-state index is 4.83. The molecule has 100 valence electrons. The first-order valence-electron chi connectivity index (χ1n) is 7.07. The number of imidazole rings is 2. The van der Waals surface area contributed by atoms with Crippen molar-refractivity contribution in [2.24, 2.45) is 7.05 Å². The average Bonchev–Trinajstić information content (AvgIpc) is 3.02. The molecule has 0 aliphatic rings. The van der Waals surface area contributed by atoms with Gasteiger partial charge in [-0.3, -0.25) is 4.40 Å². The van der Waals surface area contributed by atoms with Crippen LogP contribution >= 0.6 is 0 Å². The van der Waals surface area contributed by atoms with E-state index >= 15 is 0 Å². The fourth-order valence-electron chi connectivity index (χ4n) is 3.26. The van der Waals surface area contributed by atoms with E-state index in [4.69, 9.17) is 4.98 Å². The van der Waals surface area contributed by atoms with Crippen LogP contribution in [0.1, 0.15) is 0 Å². The summed E-state index contributed by atoms with van der Waals surface area (Å²) in [7, 11) is 2.07. The number of aromatic nitrogens is 3. The fraction of sp³-hybridized carbons (Fsp3) is 0.0556. The molecule has 0 saturated heterocycles. The van der Waals surface area contributed by atoms with Gasteiger partial charge in [0.05, 0.1) is 22.1 Å². The van der Waals surface area contributed by atoms with Gasteiger partial charge >= 0.3 is 0 Å². The number of hydrogen-bond donors (Lipinski definition) is 0. The van der Waals surface area contributed by atoms with E-state index < -0.39 is 0 Å². The lowest BCUT2D eigenvalue weighted by Gasteiger charge is -1.99. The Hall–Kier alpha value is -2.81. The molecule has 0 spiro atoms. The average molecular weight is 271 g/mol. The van der Waals surface area contributed by atoms with Gasteiger partial charge in [0.2, 0.25) is 5.78 Å². The second-order valence-corrected chi connectivity index (χ2v) is 5.48. The van der Waals surface area contributed by atoms with Crippen LogP contribution in [0.25, 0.3) is 38.6 Å². The third kappa shape index (κ3) is 1.30. The zero-order valence-corrected chi connectivity index (χ0v) is 11.6. The Morgan fingerprint density at radius 1 is 0.762 bits per heavy atom. The summed E-state index contributed by atoms with van der Waals surface area (Å²) in [6.45, 7) is 0. The quantitative estimate of drug-likeness (QED) is 0.415. The predicted molar refractivity (Wildman–Crippen MR) is 86.7 cm³/mol. The molecule has 0 amide bonds. The first-order valence-corrected chi connectivity index (χ1v) is 7.07. The molecule has 0 aliphatic carbocycles. The lowest BCUT2D eigenvalue weighted by molar-refractivity contribution is 0.974. The third-order valence-electron chi connectivity index (χ3n) is 4.29. The zero-order valence-electron chi connectivity index (χ0n) is 11.6. The Kier molecular flexibility index (Phi) is 1.89. The van der Waals surface area contributed by atoms with Crippen molar-refractivity contribution in [2.75, 3.05) is 0 Å². The minimum Gasteiger partial charge on any atom is -0.313 e. The molecule has 0 N–H and O–H groups in total. The van der Waals surface area contributed by atoms with Gasteiger partial charge in [0, 0.05) is 7.05 Å². The van der Waals surface area contributed by atoms with E-state index in [1.54, 1.807) is 0 Å². The molecule has 5 aromatic rings. The van der Waals surface area contributed by atoms with E-state index in [0.717, 1.165) is 11.3 Å². The van der Waals surface area contributed by atoms with E-state index in [9.17, 15) is 0 Å². The molecule has 0 saturated carbocycles. The second-order valence-electron chi connectivity index (χ2n) is 5.48. The summed E-state index contributed by atoms with van der Waals surface area (Å²) in [6.07, 6.45) is 0. The van der Waals surface area contributed by atoms with Gasteiger partial charge in [0.15, 0.2) is 0 Å². The van der Waals surface area contributed by atoms with Gasteiger partial charge < -0.3 is 4.57 Å². The summed E-state index contributed by atoms with van der Waals surface area (Å²) >= 11 is 0. The molecular formula is C18H13N3. The van der Waals surface area contributed by atoms with E-state index in [0.29, 0.717) is 0 Å². The number of aryl methyl sites for hydroxylation is 1. The monoisotopic (exact) mass is 271 g/mol. The Balaban J connectivity index is 2.09. The molecule has 0 aliphatic heterocycles. The minimum absolute atomic E-state index is 0.988. The van der Waals surface area contributed by atoms with Crippen LogP contribution in [0.3, 0.4) is 0 Å². The first kappa shape index (κ1) is 10.9. The van der Waals surface area contributed by atoms with Crippen LogP contribution in [0.5, 0.6) is 0 Å². The SMILES string of the molecule is Cn1c2ccccc2n2c3cc4ccccc4cc3nc12. The van der Waals surface area contributed by atoms with Gasteiger partial charge in [-0.25, -0.2) is 4.98 Å². The number of benzene rings is 3. The number of rotatable bonds is 0. The van der Waals surface area contributed by atoms with Gasteiger partial charge in [-0.15, -0.1) is 0 Å². The van der Waals surface area contributed by atoms with Crippen LogP contribution in [0.4, 0.5) is 0 Å². The van der Waals surface area contributed by atoms with Crippen LogP contribution in [0.2, 0.25) is 0 Å². The van der Waals surface area contributed by atoms with Crippen molar-refractivity contribution in [1.29, 1.82) is 0 Å². The lowest BCUT2D eigenvalue weighted by atomic mass is 10.1. The largest absolute Gasteiger partial charge is 0.313 e. The van der Waals surface area contributed by atoms with E-state index in [1.807, 2.05) is 0 Å². The lowest BCUT2D eigenvalue weighted by Crippen LogP contribution is -1.87. The number of para-hydroxylation sites is 2. The van der Waals surface area contributed by atoms with Crippen molar-refractivity contribution in [3.05, 3.63) is 60.7 Å². The maximum absolute atomic E-state index is 4.83. The van der Waals surface area contributed by atoms with Crippen LogP contribution < -0.4 is 0 Å².